The topological polar surface area (TPSA) is 86.8 Å². The summed E-state index contributed by atoms with van der Waals surface area (Å²) in [6.07, 6.45) is 5.97. The van der Waals surface area contributed by atoms with Crippen LogP contribution >= 0.6 is 11.6 Å². The molecule has 1 aliphatic heterocycles. The van der Waals surface area contributed by atoms with Crippen LogP contribution in [-0.4, -0.2) is 52.1 Å². The zero-order valence-electron chi connectivity index (χ0n) is 22.5. The van der Waals surface area contributed by atoms with E-state index in [4.69, 9.17) is 11.6 Å². The number of halogens is 1. The predicted molar refractivity (Wildman–Crippen MR) is 151 cm³/mol. The summed E-state index contributed by atoms with van der Waals surface area (Å²) in [6.45, 7) is 4.03. The minimum Gasteiger partial charge on any atom is -0.352 e. The van der Waals surface area contributed by atoms with Gasteiger partial charge in [-0.3, -0.25) is 24.1 Å². The Hall–Kier alpha value is -3.45. The fourth-order valence-corrected chi connectivity index (χ4v) is 5.44. The summed E-state index contributed by atoms with van der Waals surface area (Å²) in [5.74, 6) is -1.68. The van der Waals surface area contributed by atoms with E-state index in [1.807, 2.05) is 74.5 Å². The number of carbonyl (C=O) groups is 4. The maximum atomic E-state index is 13.9. The van der Waals surface area contributed by atoms with Crippen molar-refractivity contribution >= 4 is 35.2 Å². The van der Waals surface area contributed by atoms with Crippen molar-refractivity contribution in [1.29, 1.82) is 0 Å². The number of imide groups is 1. The largest absolute Gasteiger partial charge is 0.352 e. The van der Waals surface area contributed by atoms with Crippen LogP contribution < -0.4 is 5.32 Å². The SMILES string of the molecule is CC[C@@H](C)NC(=O)[C@H](Cc1ccccc1)N(Cc1ccccc1Cl)C(=O)CCN1C(=O)[C@H]2CC=CC[C@H]2C1=O. The van der Waals surface area contributed by atoms with Crippen molar-refractivity contribution in [2.45, 2.75) is 64.6 Å². The molecule has 0 unspecified atom stereocenters. The van der Waals surface area contributed by atoms with Crippen LogP contribution in [0.25, 0.3) is 0 Å². The summed E-state index contributed by atoms with van der Waals surface area (Å²) in [7, 11) is 0. The highest BCUT2D eigenvalue weighted by molar-refractivity contribution is 6.31. The first-order chi connectivity index (χ1) is 18.8. The first kappa shape index (κ1) is 28.6. The van der Waals surface area contributed by atoms with Gasteiger partial charge in [0.25, 0.3) is 0 Å². The summed E-state index contributed by atoms with van der Waals surface area (Å²) >= 11 is 6.47. The number of rotatable bonds is 11. The van der Waals surface area contributed by atoms with Gasteiger partial charge in [0.2, 0.25) is 23.6 Å². The van der Waals surface area contributed by atoms with Crippen LogP contribution in [0.4, 0.5) is 0 Å². The number of benzene rings is 2. The van der Waals surface area contributed by atoms with Crippen molar-refractivity contribution in [3.8, 4) is 0 Å². The number of amides is 4. The van der Waals surface area contributed by atoms with Gasteiger partial charge < -0.3 is 10.2 Å². The van der Waals surface area contributed by atoms with Gasteiger partial charge in [-0.15, -0.1) is 0 Å². The van der Waals surface area contributed by atoms with E-state index in [0.29, 0.717) is 29.8 Å². The molecule has 0 radical (unpaired) electrons. The molecular formula is C31H36ClN3O4. The number of hydrogen-bond donors (Lipinski definition) is 1. The summed E-state index contributed by atoms with van der Waals surface area (Å²) < 4.78 is 0. The Morgan fingerprint density at radius 3 is 2.23 bits per heavy atom. The molecule has 1 fully saturated rings. The molecule has 0 bridgehead atoms. The Labute approximate surface area is 235 Å². The Bertz CT molecular complexity index is 1210. The smallest absolute Gasteiger partial charge is 0.243 e. The summed E-state index contributed by atoms with van der Waals surface area (Å²) in [4.78, 5) is 56.2. The van der Waals surface area contributed by atoms with Gasteiger partial charge in [-0.05, 0) is 43.4 Å². The van der Waals surface area contributed by atoms with Crippen LogP contribution in [0, 0.1) is 11.8 Å². The van der Waals surface area contributed by atoms with Crippen molar-refractivity contribution in [3.63, 3.8) is 0 Å². The molecule has 206 valence electrons. The average molecular weight is 550 g/mol. The fourth-order valence-electron chi connectivity index (χ4n) is 5.25. The van der Waals surface area contributed by atoms with Crippen LogP contribution in [0.15, 0.2) is 66.7 Å². The van der Waals surface area contributed by atoms with Crippen LogP contribution in [0.5, 0.6) is 0 Å². The summed E-state index contributed by atoms with van der Waals surface area (Å²) in [6, 6.07) is 15.9. The molecule has 4 amide bonds. The number of fused-ring (bicyclic) bond motifs is 1. The number of hydrogen-bond acceptors (Lipinski definition) is 4. The molecule has 39 heavy (non-hydrogen) atoms. The maximum Gasteiger partial charge on any atom is 0.243 e. The number of carbonyl (C=O) groups excluding carboxylic acids is 4. The van der Waals surface area contributed by atoms with Gasteiger partial charge in [0.05, 0.1) is 11.8 Å². The summed E-state index contributed by atoms with van der Waals surface area (Å²) in [5, 5.41) is 3.54. The maximum absolute atomic E-state index is 13.9. The lowest BCUT2D eigenvalue weighted by Gasteiger charge is -2.33. The lowest BCUT2D eigenvalue weighted by atomic mass is 9.85. The molecule has 1 heterocycles. The molecule has 4 rings (SSSR count). The van der Waals surface area contributed by atoms with Crippen molar-refractivity contribution in [3.05, 3.63) is 82.9 Å². The van der Waals surface area contributed by atoms with Crippen molar-refractivity contribution in [2.75, 3.05) is 6.54 Å². The van der Waals surface area contributed by atoms with Gasteiger partial charge in [0.15, 0.2) is 0 Å². The molecule has 2 aliphatic rings. The predicted octanol–water partition coefficient (Wildman–Crippen LogP) is 4.54. The Morgan fingerprint density at radius 2 is 1.62 bits per heavy atom. The highest BCUT2D eigenvalue weighted by Gasteiger charge is 2.47. The third-order valence-electron chi connectivity index (χ3n) is 7.72. The van der Waals surface area contributed by atoms with Crippen LogP contribution in [0.2, 0.25) is 5.02 Å². The van der Waals surface area contributed by atoms with Crippen molar-refractivity contribution < 1.29 is 19.2 Å². The van der Waals surface area contributed by atoms with Gasteiger partial charge in [0.1, 0.15) is 6.04 Å². The van der Waals surface area contributed by atoms with E-state index >= 15 is 0 Å². The molecular weight excluding hydrogens is 514 g/mol. The molecule has 0 aromatic heterocycles. The van der Waals surface area contributed by atoms with Gasteiger partial charge in [0, 0.05) is 37.0 Å². The van der Waals surface area contributed by atoms with Gasteiger partial charge in [-0.2, -0.15) is 0 Å². The molecule has 4 atom stereocenters. The normalized spacial score (nSPS) is 19.9. The monoisotopic (exact) mass is 549 g/mol. The lowest BCUT2D eigenvalue weighted by molar-refractivity contribution is -0.144. The van der Waals surface area contributed by atoms with Gasteiger partial charge >= 0.3 is 0 Å². The molecule has 1 saturated heterocycles. The number of likely N-dealkylation sites (tertiary alicyclic amines) is 1. The molecule has 1 aliphatic carbocycles. The second-order valence-electron chi connectivity index (χ2n) is 10.4. The summed E-state index contributed by atoms with van der Waals surface area (Å²) in [5.41, 5.74) is 1.63. The van der Waals surface area contributed by atoms with E-state index < -0.39 is 6.04 Å². The molecule has 2 aromatic rings. The molecule has 7 nitrogen and oxygen atoms in total. The fraction of sp³-hybridized carbons (Fsp3) is 0.419. The van der Waals surface area contributed by atoms with E-state index in [1.165, 1.54) is 4.90 Å². The van der Waals surface area contributed by atoms with E-state index in [0.717, 1.165) is 12.0 Å². The van der Waals surface area contributed by atoms with Crippen molar-refractivity contribution in [1.82, 2.24) is 15.1 Å². The Morgan fingerprint density at radius 1 is 1.00 bits per heavy atom. The standard InChI is InChI=1S/C31H36ClN3O4/c1-3-21(2)33-29(37)27(19-22-11-5-4-6-12-22)35(20-23-13-7-10-16-26(23)32)28(36)17-18-34-30(38)24-14-8-9-15-25(24)31(34)39/h4-13,16,21,24-25,27H,3,14-15,17-20H2,1-2H3,(H,33,37)/t21-,24-,25+,27+/m1/s1. The Balaban J connectivity index is 1.60. The molecule has 0 saturated carbocycles. The van der Waals surface area contributed by atoms with E-state index in [-0.39, 0.29) is 61.0 Å². The zero-order valence-corrected chi connectivity index (χ0v) is 23.3. The first-order valence-corrected chi connectivity index (χ1v) is 14.0. The first-order valence-electron chi connectivity index (χ1n) is 13.7. The van der Waals surface area contributed by atoms with Crippen LogP contribution in [-0.2, 0) is 32.1 Å². The number of nitrogens with one attached hydrogen (secondary N) is 1. The molecule has 1 N–H and O–H groups in total. The minimum atomic E-state index is -0.804. The molecule has 8 heteroatoms. The van der Waals surface area contributed by atoms with Gasteiger partial charge in [-0.25, -0.2) is 0 Å². The lowest BCUT2D eigenvalue weighted by Crippen LogP contribution is -2.52. The van der Waals surface area contributed by atoms with E-state index in [2.05, 4.69) is 5.32 Å². The highest BCUT2D eigenvalue weighted by atomic mass is 35.5. The quantitative estimate of drug-likeness (QED) is 0.329. The van der Waals surface area contributed by atoms with E-state index in [9.17, 15) is 19.2 Å². The van der Waals surface area contributed by atoms with E-state index in [1.54, 1.807) is 11.0 Å². The molecule has 0 spiro atoms. The van der Waals surface area contributed by atoms with Gasteiger partial charge in [-0.1, -0.05) is 79.2 Å². The highest BCUT2D eigenvalue weighted by Crippen LogP contribution is 2.35. The third kappa shape index (κ3) is 6.77. The number of nitrogens with zero attached hydrogens (tertiary/aromatic N) is 2. The van der Waals surface area contributed by atoms with Crippen molar-refractivity contribution in [2.24, 2.45) is 11.8 Å². The molecule has 2 aromatic carbocycles. The second kappa shape index (κ2) is 13.1. The zero-order chi connectivity index (χ0) is 27.9. The average Bonchev–Trinajstić information content (AvgIpc) is 3.19. The van der Waals surface area contributed by atoms with Crippen LogP contribution in [0.3, 0.4) is 0 Å². The minimum absolute atomic E-state index is 0.00639. The second-order valence-corrected chi connectivity index (χ2v) is 10.8. The third-order valence-corrected chi connectivity index (χ3v) is 8.09. The Kier molecular flexibility index (Phi) is 9.57. The number of allylic oxidation sites excluding steroid dienone is 2. The van der Waals surface area contributed by atoms with Crippen LogP contribution in [0.1, 0.15) is 50.7 Å².